The summed E-state index contributed by atoms with van der Waals surface area (Å²) in [5.41, 5.74) is 2.93. The Kier molecular flexibility index (Phi) is 7.49. The molecule has 1 rings (SSSR count). The van der Waals surface area contributed by atoms with E-state index in [4.69, 9.17) is 4.74 Å². The normalized spacial score (nSPS) is 12.2. The van der Waals surface area contributed by atoms with Gasteiger partial charge in [-0.2, -0.15) is 0 Å². The number of carbonyl (C=O) groups excluding carboxylic acids is 2. The Bertz CT molecular complexity index is 699. The maximum absolute atomic E-state index is 12.2. The molecule has 24 heavy (non-hydrogen) atoms. The Morgan fingerprint density at radius 2 is 1.88 bits per heavy atom. The van der Waals surface area contributed by atoms with E-state index in [0.717, 1.165) is 11.1 Å². The van der Waals surface area contributed by atoms with Crippen molar-refractivity contribution in [2.75, 3.05) is 19.5 Å². The van der Waals surface area contributed by atoms with Gasteiger partial charge in [-0.05, 0) is 38.0 Å². The van der Waals surface area contributed by atoms with Crippen LogP contribution in [0.15, 0.2) is 53.6 Å². The van der Waals surface area contributed by atoms with Gasteiger partial charge in [0.05, 0.1) is 14.2 Å². The van der Waals surface area contributed by atoms with E-state index in [1.54, 1.807) is 45.3 Å². The van der Waals surface area contributed by atoms with Crippen LogP contribution in [0.3, 0.4) is 0 Å². The zero-order chi connectivity index (χ0) is 18.1. The van der Waals surface area contributed by atoms with Crippen LogP contribution in [-0.4, -0.2) is 26.1 Å². The predicted octanol–water partition coefficient (Wildman–Crippen LogP) is 3.56. The molecular formula is C19H23NO4. The molecule has 0 aromatic heterocycles. The van der Waals surface area contributed by atoms with Gasteiger partial charge in [0.15, 0.2) is 0 Å². The van der Waals surface area contributed by atoms with Gasteiger partial charge in [-0.1, -0.05) is 24.3 Å². The third kappa shape index (κ3) is 6.12. The molecular weight excluding hydrogens is 306 g/mol. The molecule has 0 saturated carbocycles. The lowest BCUT2D eigenvalue weighted by atomic mass is 10.1. The highest BCUT2D eigenvalue weighted by Crippen LogP contribution is 2.22. The van der Waals surface area contributed by atoms with Crippen LogP contribution < -0.4 is 10.1 Å². The molecule has 5 heteroatoms. The second-order valence-electron chi connectivity index (χ2n) is 5.26. The number of allylic oxidation sites excluding steroid dienone is 4. The van der Waals surface area contributed by atoms with Crippen molar-refractivity contribution in [2.24, 2.45) is 0 Å². The molecule has 0 saturated heterocycles. The number of rotatable bonds is 6. The minimum atomic E-state index is -0.413. The Hall–Kier alpha value is -2.82. The van der Waals surface area contributed by atoms with Crippen LogP contribution in [0.2, 0.25) is 0 Å². The number of amides is 1. The minimum Gasteiger partial charge on any atom is -0.497 e. The monoisotopic (exact) mass is 329 g/mol. The van der Waals surface area contributed by atoms with Crippen molar-refractivity contribution in [3.05, 3.63) is 59.2 Å². The van der Waals surface area contributed by atoms with E-state index < -0.39 is 5.97 Å². The molecule has 0 aliphatic heterocycles. The van der Waals surface area contributed by atoms with Crippen molar-refractivity contribution in [2.45, 2.75) is 20.8 Å². The van der Waals surface area contributed by atoms with Crippen LogP contribution in [0.25, 0.3) is 0 Å². The third-order valence-electron chi connectivity index (χ3n) is 3.30. The largest absolute Gasteiger partial charge is 0.497 e. The molecule has 0 fully saturated rings. The first-order valence-corrected chi connectivity index (χ1v) is 7.44. The first kappa shape index (κ1) is 19.2. The Morgan fingerprint density at radius 1 is 1.17 bits per heavy atom. The lowest BCUT2D eigenvalue weighted by molar-refractivity contribution is -0.134. The van der Waals surface area contributed by atoms with E-state index in [9.17, 15) is 9.59 Å². The number of methoxy groups -OCH3 is 2. The number of esters is 1. The molecule has 0 aliphatic rings. The summed E-state index contributed by atoms with van der Waals surface area (Å²) in [6, 6.07) is 5.50. The van der Waals surface area contributed by atoms with Gasteiger partial charge in [0, 0.05) is 23.4 Å². The van der Waals surface area contributed by atoms with Crippen molar-refractivity contribution in [3.63, 3.8) is 0 Å². The highest BCUT2D eigenvalue weighted by atomic mass is 16.5. The van der Waals surface area contributed by atoms with E-state index in [2.05, 4.69) is 10.1 Å². The molecule has 0 atom stereocenters. The summed E-state index contributed by atoms with van der Waals surface area (Å²) in [4.78, 5) is 23.3. The zero-order valence-corrected chi connectivity index (χ0v) is 14.7. The van der Waals surface area contributed by atoms with Crippen LogP contribution in [0.5, 0.6) is 5.75 Å². The van der Waals surface area contributed by atoms with Crippen LogP contribution in [-0.2, 0) is 14.3 Å². The summed E-state index contributed by atoms with van der Waals surface area (Å²) in [5.74, 6) is 0.0655. The molecule has 5 nitrogen and oxygen atoms in total. The van der Waals surface area contributed by atoms with E-state index >= 15 is 0 Å². The van der Waals surface area contributed by atoms with E-state index in [-0.39, 0.29) is 5.91 Å². The number of hydrogen-bond donors (Lipinski definition) is 1. The van der Waals surface area contributed by atoms with Gasteiger partial charge in [0.1, 0.15) is 5.75 Å². The van der Waals surface area contributed by atoms with Gasteiger partial charge in [-0.15, -0.1) is 0 Å². The van der Waals surface area contributed by atoms with Gasteiger partial charge in [-0.3, -0.25) is 4.79 Å². The summed E-state index contributed by atoms with van der Waals surface area (Å²) in [5, 5.41) is 2.85. The quantitative estimate of drug-likeness (QED) is 0.492. The van der Waals surface area contributed by atoms with Crippen molar-refractivity contribution in [1.29, 1.82) is 0 Å². The summed E-state index contributed by atoms with van der Waals surface area (Å²) in [6.07, 6.45) is 6.49. The van der Waals surface area contributed by atoms with Crippen molar-refractivity contribution in [1.82, 2.24) is 0 Å². The molecule has 128 valence electrons. The minimum absolute atomic E-state index is 0.203. The highest BCUT2D eigenvalue weighted by Gasteiger charge is 2.07. The van der Waals surface area contributed by atoms with Crippen molar-refractivity contribution < 1.29 is 19.1 Å². The van der Waals surface area contributed by atoms with Gasteiger partial charge < -0.3 is 14.8 Å². The van der Waals surface area contributed by atoms with Crippen molar-refractivity contribution >= 4 is 17.6 Å². The molecule has 0 unspecified atom stereocenters. The average Bonchev–Trinajstić information content (AvgIpc) is 2.56. The van der Waals surface area contributed by atoms with Crippen molar-refractivity contribution in [3.8, 4) is 5.75 Å². The van der Waals surface area contributed by atoms with Crippen LogP contribution >= 0.6 is 0 Å². The van der Waals surface area contributed by atoms with Gasteiger partial charge in [0.2, 0.25) is 0 Å². The van der Waals surface area contributed by atoms with Crippen LogP contribution in [0.1, 0.15) is 19.4 Å². The van der Waals surface area contributed by atoms with E-state index in [1.165, 1.54) is 13.2 Å². The Labute approximate surface area is 142 Å². The summed E-state index contributed by atoms with van der Waals surface area (Å²) >= 11 is 0. The molecule has 1 aromatic carbocycles. The predicted molar refractivity (Wildman–Crippen MR) is 95.0 cm³/mol. The molecule has 0 aliphatic carbocycles. The lowest BCUT2D eigenvalue weighted by Crippen LogP contribution is -2.13. The van der Waals surface area contributed by atoms with Gasteiger partial charge >= 0.3 is 5.97 Å². The fraction of sp³-hybridized carbons (Fsp3) is 0.263. The molecule has 0 heterocycles. The number of anilines is 1. The van der Waals surface area contributed by atoms with Gasteiger partial charge in [-0.25, -0.2) is 4.79 Å². The Morgan fingerprint density at radius 3 is 2.50 bits per heavy atom. The van der Waals surface area contributed by atoms with E-state index in [0.29, 0.717) is 17.0 Å². The standard InChI is InChI=1S/C19H23NO4/c1-13(11-18(21)24-5)7-6-8-15(3)19(22)20-17-12-16(23-4)10-9-14(17)2/h6-12H,1-5H3,(H,20,22)/b7-6+,13-11+,15-8+. The number of aryl methyl sites for hydroxylation is 1. The second-order valence-corrected chi connectivity index (χ2v) is 5.26. The molecule has 0 radical (unpaired) electrons. The Balaban J connectivity index is 2.77. The number of nitrogens with one attached hydrogen (secondary N) is 1. The SMILES string of the molecule is COC(=O)/C=C(C)/C=C/C=C(\C)C(=O)Nc1cc(OC)ccc1C. The maximum atomic E-state index is 12.2. The summed E-state index contributed by atoms with van der Waals surface area (Å²) in [6.45, 7) is 5.40. The third-order valence-corrected chi connectivity index (χ3v) is 3.30. The number of ether oxygens (including phenoxy) is 2. The zero-order valence-electron chi connectivity index (χ0n) is 14.7. The topological polar surface area (TPSA) is 64.6 Å². The first-order valence-electron chi connectivity index (χ1n) is 7.44. The fourth-order valence-electron chi connectivity index (χ4n) is 1.80. The molecule has 1 N–H and O–H groups in total. The van der Waals surface area contributed by atoms with Crippen LogP contribution in [0.4, 0.5) is 5.69 Å². The summed E-state index contributed by atoms with van der Waals surface area (Å²) < 4.78 is 9.71. The lowest BCUT2D eigenvalue weighted by Gasteiger charge is -2.10. The molecule has 1 aromatic rings. The maximum Gasteiger partial charge on any atom is 0.330 e. The smallest absolute Gasteiger partial charge is 0.330 e. The second kappa shape index (κ2) is 9.35. The molecule has 1 amide bonds. The molecule has 0 bridgehead atoms. The number of hydrogen-bond acceptors (Lipinski definition) is 4. The number of carbonyl (C=O) groups is 2. The van der Waals surface area contributed by atoms with Gasteiger partial charge in [0.25, 0.3) is 5.91 Å². The van der Waals surface area contributed by atoms with E-state index in [1.807, 2.05) is 19.1 Å². The highest BCUT2D eigenvalue weighted by molar-refractivity contribution is 6.04. The summed E-state index contributed by atoms with van der Waals surface area (Å²) in [7, 11) is 2.90. The molecule has 0 spiro atoms. The first-order chi connectivity index (χ1) is 11.4. The van der Waals surface area contributed by atoms with Crippen LogP contribution in [0, 0.1) is 6.92 Å². The fourth-order valence-corrected chi connectivity index (χ4v) is 1.80. The number of benzene rings is 1. The average molecular weight is 329 g/mol.